The van der Waals surface area contributed by atoms with Gasteiger partial charge in [-0.15, -0.1) is 4.91 Å². The summed E-state index contributed by atoms with van der Waals surface area (Å²) in [7, 11) is 1.54. The second kappa shape index (κ2) is 13.8. The van der Waals surface area contributed by atoms with Crippen molar-refractivity contribution in [2.45, 2.75) is 128 Å². The number of aryl methyl sites for hydroxylation is 1. The third kappa shape index (κ3) is 8.33. The molecule has 2 N–H and O–H groups in total. The molecule has 1 saturated carbocycles. The van der Waals surface area contributed by atoms with Crippen molar-refractivity contribution >= 4 is 23.1 Å². The highest BCUT2D eigenvalue weighted by Crippen LogP contribution is 2.40. The van der Waals surface area contributed by atoms with Crippen LogP contribution in [0.25, 0.3) is 0 Å². The van der Waals surface area contributed by atoms with E-state index in [1.165, 1.54) is 56.7 Å². The predicted octanol–water partition coefficient (Wildman–Crippen LogP) is 8.80. The summed E-state index contributed by atoms with van der Waals surface area (Å²) < 4.78 is 0. The Bertz CT molecular complexity index is 1150. The van der Waals surface area contributed by atoms with Crippen LogP contribution in [0.2, 0.25) is 0 Å². The van der Waals surface area contributed by atoms with Crippen LogP contribution in [0.4, 0.5) is 11.4 Å². The summed E-state index contributed by atoms with van der Waals surface area (Å²) in [6.07, 6.45) is 10.3. The molecule has 1 fully saturated rings. The zero-order chi connectivity index (χ0) is 29.7. The van der Waals surface area contributed by atoms with Gasteiger partial charge in [0, 0.05) is 22.6 Å². The lowest BCUT2D eigenvalue weighted by atomic mass is 9.81. The molecular weight excluding hydrogens is 516 g/mol. The fraction of sp³-hybridized carbons (Fsp3) is 0.647. The summed E-state index contributed by atoms with van der Waals surface area (Å²) in [5.74, 6) is 1.42. The first-order chi connectivity index (χ1) is 18.8. The summed E-state index contributed by atoms with van der Waals surface area (Å²) in [5, 5.41) is 27.2. The first kappa shape index (κ1) is 32.6. The first-order valence-corrected chi connectivity index (χ1v) is 16.3. The van der Waals surface area contributed by atoms with Crippen molar-refractivity contribution in [2.24, 2.45) is 11.1 Å². The lowest BCUT2D eigenvalue weighted by Crippen LogP contribution is -2.98. The van der Waals surface area contributed by atoms with Crippen LogP contribution in [0, 0.1) is 16.0 Å². The van der Waals surface area contributed by atoms with Gasteiger partial charge in [0.25, 0.3) is 0 Å². The average Bonchev–Trinajstić information content (AvgIpc) is 2.86. The van der Waals surface area contributed by atoms with E-state index < -0.39 is 0 Å². The van der Waals surface area contributed by atoms with Gasteiger partial charge >= 0.3 is 0 Å². The number of nitroso groups, excluding NO2 is 1. The van der Waals surface area contributed by atoms with Gasteiger partial charge in [0.1, 0.15) is 5.69 Å². The average molecular weight is 569 g/mol. The fourth-order valence-corrected chi connectivity index (χ4v) is 7.47. The number of hydroxylamine groups is 1. The molecule has 3 unspecified atom stereocenters. The maximum atomic E-state index is 12.3. The molecule has 2 aromatic carbocycles. The van der Waals surface area contributed by atoms with Crippen molar-refractivity contribution < 1.29 is 10.2 Å². The number of hydrogen-bond donors (Lipinski definition) is 2. The summed E-state index contributed by atoms with van der Waals surface area (Å²) >= 11 is 1.96. The van der Waals surface area contributed by atoms with E-state index in [2.05, 4.69) is 65.8 Å². The molecule has 0 bridgehead atoms. The monoisotopic (exact) mass is 568 g/mol. The van der Waals surface area contributed by atoms with Crippen LogP contribution in [0.3, 0.4) is 0 Å². The topological polar surface area (TPSA) is 77.2 Å². The molecule has 6 heteroatoms. The van der Waals surface area contributed by atoms with E-state index in [4.69, 9.17) is 0 Å². The lowest BCUT2D eigenvalue weighted by molar-refractivity contribution is -0.751. The SMILES string of the molecule is CCc1c(CCC2CCCCCCC2SCc2cc(C(C)(C)C)cc([NH+](C)[O-])c2O)cc(C(C)(C)C)cc1N=O. The molecular formula is C34H52N2O3S. The maximum Gasteiger partial charge on any atom is 0.181 e. The van der Waals surface area contributed by atoms with Crippen LogP contribution in [0.1, 0.15) is 121 Å². The van der Waals surface area contributed by atoms with E-state index >= 15 is 0 Å². The second-order valence-electron chi connectivity index (χ2n) is 13.8. The van der Waals surface area contributed by atoms with E-state index in [0.29, 0.717) is 28.3 Å². The lowest BCUT2D eigenvalue weighted by Gasteiger charge is -2.30. The minimum absolute atomic E-state index is 0.0403. The number of benzene rings is 2. The van der Waals surface area contributed by atoms with Crippen molar-refractivity contribution in [3.05, 3.63) is 62.2 Å². The molecule has 0 spiro atoms. The minimum atomic E-state index is -0.103. The zero-order valence-electron chi connectivity index (χ0n) is 26.2. The van der Waals surface area contributed by atoms with Gasteiger partial charge in [0.2, 0.25) is 0 Å². The molecule has 0 aromatic heterocycles. The van der Waals surface area contributed by atoms with Crippen molar-refractivity contribution in [3.63, 3.8) is 0 Å². The Morgan fingerprint density at radius 1 is 0.950 bits per heavy atom. The quantitative estimate of drug-likeness (QED) is 0.180. The van der Waals surface area contributed by atoms with Crippen molar-refractivity contribution in [1.29, 1.82) is 0 Å². The number of phenolic OH excluding ortho intramolecular Hbond substituents is 1. The fourth-order valence-electron chi connectivity index (χ4n) is 5.98. The van der Waals surface area contributed by atoms with Crippen LogP contribution in [-0.4, -0.2) is 17.4 Å². The number of hydrogen-bond acceptors (Lipinski definition) is 5. The summed E-state index contributed by atoms with van der Waals surface area (Å²) in [6.45, 7) is 15.1. The van der Waals surface area contributed by atoms with Crippen molar-refractivity contribution in [2.75, 3.05) is 7.05 Å². The van der Waals surface area contributed by atoms with E-state index in [1.807, 2.05) is 23.9 Å². The molecule has 2 aromatic rings. The molecule has 1 aliphatic carbocycles. The van der Waals surface area contributed by atoms with Crippen LogP contribution < -0.4 is 5.06 Å². The molecule has 222 valence electrons. The molecule has 0 heterocycles. The smallest absolute Gasteiger partial charge is 0.181 e. The molecule has 0 radical (unpaired) electrons. The molecule has 1 aliphatic rings. The van der Waals surface area contributed by atoms with Gasteiger partial charge < -0.3 is 15.4 Å². The zero-order valence-corrected chi connectivity index (χ0v) is 27.0. The number of rotatable bonds is 9. The van der Waals surface area contributed by atoms with Gasteiger partial charge in [0.05, 0.1) is 7.05 Å². The number of thioether (sulfide) groups is 1. The van der Waals surface area contributed by atoms with E-state index in [-0.39, 0.29) is 21.6 Å². The normalized spacial score (nSPS) is 19.6. The second-order valence-corrected chi connectivity index (χ2v) is 15.0. The highest BCUT2D eigenvalue weighted by atomic mass is 32.2. The Balaban J connectivity index is 1.86. The Kier molecular flexibility index (Phi) is 11.3. The Morgan fingerprint density at radius 2 is 1.55 bits per heavy atom. The number of phenols is 1. The van der Waals surface area contributed by atoms with Crippen molar-refractivity contribution in [1.82, 2.24) is 0 Å². The van der Waals surface area contributed by atoms with Gasteiger partial charge in [-0.1, -0.05) is 86.3 Å². The number of quaternary nitrogens is 1. The molecule has 0 aliphatic heterocycles. The third-order valence-electron chi connectivity index (χ3n) is 8.65. The van der Waals surface area contributed by atoms with Crippen molar-refractivity contribution in [3.8, 4) is 5.75 Å². The highest BCUT2D eigenvalue weighted by molar-refractivity contribution is 7.99. The van der Waals surface area contributed by atoms with Gasteiger partial charge in [-0.25, -0.2) is 0 Å². The van der Waals surface area contributed by atoms with Crippen LogP contribution >= 0.6 is 11.8 Å². The third-order valence-corrected chi connectivity index (χ3v) is 10.2. The molecule has 0 amide bonds. The highest BCUT2D eigenvalue weighted by Gasteiger charge is 2.27. The molecule has 3 rings (SSSR count). The van der Waals surface area contributed by atoms with Gasteiger partial charge in [-0.05, 0) is 82.3 Å². The number of aromatic hydroxyl groups is 1. The van der Waals surface area contributed by atoms with E-state index in [9.17, 15) is 15.2 Å². The standard InChI is InChI=1S/C34H52N2O3S/c1-9-28-24(18-26(33(2,3)4)20-29(28)35-38)17-16-23-14-12-10-11-13-15-31(23)40-22-25-19-27(34(5,6)7)21-30(32(25)37)36(8)39/h18-21,23,31,36-37H,9-17,22H2,1-8H3. The summed E-state index contributed by atoms with van der Waals surface area (Å²) in [6, 6.07) is 8.27. The van der Waals surface area contributed by atoms with E-state index in [1.54, 1.807) is 0 Å². The maximum absolute atomic E-state index is 12.3. The van der Waals surface area contributed by atoms with Crippen LogP contribution in [0.15, 0.2) is 29.4 Å². The molecule has 5 nitrogen and oxygen atoms in total. The summed E-state index contributed by atoms with van der Waals surface area (Å²) in [5.41, 5.74) is 6.40. The minimum Gasteiger partial charge on any atom is -0.629 e. The Morgan fingerprint density at radius 3 is 2.12 bits per heavy atom. The molecule has 40 heavy (non-hydrogen) atoms. The van der Waals surface area contributed by atoms with Gasteiger partial charge in [-0.2, -0.15) is 11.8 Å². The van der Waals surface area contributed by atoms with Crippen LogP contribution in [0.5, 0.6) is 5.75 Å². The summed E-state index contributed by atoms with van der Waals surface area (Å²) in [4.78, 5) is 11.8. The van der Waals surface area contributed by atoms with Crippen LogP contribution in [-0.2, 0) is 29.4 Å². The largest absolute Gasteiger partial charge is 0.629 e. The predicted molar refractivity (Wildman–Crippen MR) is 171 cm³/mol. The Labute approximate surface area is 247 Å². The van der Waals surface area contributed by atoms with Gasteiger partial charge in [-0.3, -0.25) is 0 Å². The molecule has 0 saturated heterocycles. The number of nitrogens with one attached hydrogen (secondary N) is 1. The van der Waals surface area contributed by atoms with Gasteiger partial charge in [0.15, 0.2) is 11.4 Å². The molecule has 3 atom stereocenters. The Hall–Kier alpha value is -1.89. The number of nitrogens with zero attached hydrogens (tertiary/aromatic N) is 1. The first-order valence-electron chi connectivity index (χ1n) is 15.2. The van der Waals surface area contributed by atoms with E-state index in [0.717, 1.165) is 36.0 Å².